The molecule has 1 N–H and O–H groups in total. The summed E-state index contributed by atoms with van der Waals surface area (Å²) in [6, 6.07) is 24.7. The topological polar surface area (TPSA) is 90.5 Å². The maximum absolute atomic E-state index is 12.9. The van der Waals surface area contributed by atoms with Gasteiger partial charge in [0.2, 0.25) is 0 Å². The van der Waals surface area contributed by atoms with Gasteiger partial charge in [0.25, 0.3) is 5.91 Å². The fraction of sp³-hybridized carbons (Fsp3) is 0.0800. The number of anilines is 1. The van der Waals surface area contributed by atoms with Crippen LogP contribution in [0.15, 0.2) is 85.1 Å². The van der Waals surface area contributed by atoms with E-state index in [0.717, 1.165) is 22.5 Å². The van der Waals surface area contributed by atoms with Gasteiger partial charge in [-0.3, -0.25) is 4.79 Å². The number of benzene rings is 3. The Bertz CT molecular complexity index is 1440. The molecule has 0 unspecified atom stereocenters. The Morgan fingerprint density at radius 3 is 2.53 bits per heavy atom. The zero-order valence-electron chi connectivity index (χ0n) is 18.3. The molecule has 34 heavy (non-hydrogen) atoms. The van der Waals surface area contributed by atoms with Crippen LogP contribution in [-0.4, -0.2) is 35.9 Å². The number of carbonyl (C=O) groups is 1. The largest absolute Gasteiger partial charge is 0.321 e. The lowest BCUT2D eigenvalue weighted by atomic mass is 10.1. The molecule has 0 aliphatic heterocycles. The number of halogens is 1. The van der Waals surface area contributed by atoms with E-state index in [4.69, 9.17) is 11.6 Å². The summed E-state index contributed by atoms with van der Waals surface area (Å²) in [7, 11) is 0. The molecule has 0 spiro atoms. The number of amides is 1. The van der Waals surface area contributed by atoms with Gasteiger partial charge in [-0.25, -0.2) is 9.36 Å². The Labute approximate surface area is 200 Å². The number of hydrogen-bond acceptors (Lipinski definition) is 5. The summed E-state index contributed by atoms with van der Waals surface area (Å²) in [5.41, 5.74) is 4.97. The first kappa shape index (κ1) is 21.5. The van der Waals surface area contributed by atoms with Crippen LogP contribution in [0.2, 0.25) is 5.02 Å². The van der Waals surface area contributed by atoms with Gasteiger partial charge in [0.15, 0.2) is 5.69 Å². The molecule has 0 saturated heterocycles. The zero-order valence-corrected chi connectivity index (χ0v) is 19.0. The third-order valence-electron chi connectivity index (χ3n) is 5.32. The molecule has 5 rings (SSSR count). The van der Waals surface area contributed by atoms with Crippen LogP contribution >= 0.6 is 11.6 Å². The molecule has 3 aromatic carbocycles. The predicted molar refractivity (Wildman–Crippen MR) is 130 cm³/mol. The highest BCUT2D eigenvalue weighted by Gasteiger charge is 2.18. The molecule has 0 bridgehead atoms. The SMILES string of the molecule is Cc1c(C(=O)Nc2cccc(-c3cn(Cc4ccccc4)nn3)c2)nnn1-c1ccc(Cl)cc1. The summed E-state index contributed by atoms with van der Waals surface area (Å²) >= 11 is 5.96. The Kier molecular flexibility index (Phi) is 5.88. The van der Waals surface area contributed by atoms with Crippen LogP contribution in [0.5, 0.6) is 0 Å². The third-order valence-corrected chi connectivity index (χ3v) is 5.58. The summed E-state index contributed by atoms with van der Waals surface area (Å²) in [6.07, 6.45) is 1.88. The summed E-state index contributed by atoms with van der Waals surface area (Å²) in [5, 5.41) is 20.2. The van der Waals surface area contributed by atoms with Crippen molar-refractivity contribution in [1.82, 2.24) is 30.0 Å². The fourth-order valence-electron chi connectivity index (χ4n) is 3.59. The molecular weight excluding hydrogens is 450 g/mol. The molecule has 8 nitrogen and oxygen atoms in total. The van der Waals surface area contributed by atoms with Crippen LogP contribution in [0.1, 0.15) is 21.7 Å². The lowest BCUT2D eigenvalue weighted by Gasteiger charge is -2.06. The first-order valence-electron chi connectivity index (χ1n) is 10.6. The van der Waals surface area contributed by atoms with Crippen LogP contribution < -0.4 is 5.32 Å². The number of rotatable bonds is 6. The van der Waals surface area contributed by atoms with Gasteiger partial charge >= 0.3 is 0 Å². The monoisotopic (exact) mass is 469 g/mol. The molecule has 2 heterocycles. The van der Waals surface area contributed by atoms with Crippen molar-refractivity contribution in [3.63, 3.8) is 0 Å². The van der Waals surface area contributed by atoms with E-state index in [1.54, 1.807) is 28.4 Å². The minimum Gasteiger partial charge on any atom is -0.321 e. The Morgan fingerprint density at radius 2 is 1.74 bits per heavy atom. The van der Waals surface area contributed by atoms with Gasteiger partial charge in [-0.05, 0) is 48.9 Å². The zero-order chi connectivity index (χ0) is 23.5. The van der Waals surface area contributed by atoms with E-state index in [9.17, 15) is 4.79 Å². The fourth-order valence-corrected chi connectivity index (χ4v) is 3.72. The second-order valence-electron chi connectivity index (χ2n) is 7.73. The van der Waals surface area contributed by atoms with Crippen molar-refractivity contribution in [3.05, 3.63) is 107 Å². The summed E-state index contributed by atoms with van der Waals surface area (Å²) in [4.78, 5) is 12.9. The molecule has 0 fully saturated rings. The molecule has 0 radical (unpaired) electrons. The third kappa shape index (κ3) is 4.57. The smallest absolute Gasteiger partial charge is 0.278 e. The van der Waals surface area contributed by atoms with Gasteiger partial charge in [-0.2, -0.15) is 0 Å². The van der Waals surface area contributed by atoms with Gasteiger partial charge in [-0.1, -0.05) is 64.5 Å². The average Bonchev–Trinajstić information content (AvgIpc) is 3.47. The van der Waals surface area contributed by atoms with E-state index >= 15 is 0 Å². The van der Waals surface area contributed by atoms with Gasteiger partial charge in [0.05, 0.1) is 24.1 Å². The molecule has 0 atom stereocenters. The van der Waals surface area contributed by atoms with Crippen molar-refractivity contribution in [2.45, 2.75) is 13.5 Å². The molecule has 0 saturated carbocycles. The highest BCUT2D eigenvalue weighted by molar-refractivity contribution is 6.30. The normalized spacial score (nSPS) is 10.9. The van der Waals surface area contributed by atoms with Crippen molar-refractivity contribution >= 4 is 23.2 Å². The number of nitrogens with zero attached hydrogens (tertiary/aromatic N) is 6. The van der Waals surface area contributed by atoms with E-state index < -0.39 is 0 Å². The lowest BCUT2D eigenvalue weighted by Crippen LogP contribution is -2.14. The van der Waals surface area contributed by atoms with E-state index in [1.807, 2.05) is 72.9 Å². The van der Waals surface area contributed by atoms with Crippen LogP contribution in [0.3, 0.4) is 0 Å². The lowest BCUT2D eigenvalue weighted by molar-refractivity contribution is 0.102. The molecule has 5 aromatic rings. The maximum atomic E-state index is 12.9. The Balaban J connectivity index is 1.32. The van der Waals surface area contributed by atoms with Crippen molar-refractivity contribution in [2.75, 3.05) is 5.32 Å². The van der Waals surface area contributed by atoms with Crippen LogP contribution in [-0.2, 0) is 6.54 Å². The molecule has 168 valence electrons. The van der Waals surface area contributed by atoms with Gasteiger partial charge in [-0.15, -0.1) is 10.2 Å². The van der Waals surface area contributed by atoms with Gasteiger partial charge < -0.3 is 5.32 Å². The summed E-state index contributed by atoms with van der Waals surface area (Å²) < 4.78 is 3.39. The van der Waals surface area contributed by atoms with Gasteiger partial charge in [0, 0.05) is 16.3 Å². The van der Waals surface area contributed by atoms with Crippen molar-refractivity contribution < 1.29 is 4.79 Å². The molecule has 2 aromatic heterocycles. The van der Waals surface area contributed by atoms with E-state index in [0.29, 0.717) is 22.9 Å². The standard InChI is InChI=1S/C25H20ClN7O/c1-17-24(29-31-33(17)22-12-10-20(26)11-13-22)25(34)27-21-9-5-8-19(14-21)23-16-32(30-28-23)15-18-6-3-2-4-7-18/h2-14,16H,15H2,1H3,(H,27,34). The minimum absolute atomic E-state index is 0.245. The second kappa shape index (κ2) is 9.29. The quantitative estimate of drug-likeness (QED) is 0.386. The van der Waals surface area contributed by atoms with E-state index in [-0.39, 0.29) is 11.6 Å². The molecule has 1 amide bonds. The number of aromatic nitrogens is 6. The second-order valence-corrected chi connectivity index (χ2v) is 8.17. The van der Waals surface area contributed by atoms with Crippen molar-refractivity contribution in [2.24, 2.45) is 0 Å². The molecular formula is C25H20ClN7O. The van der Waals surface area contributed by atoms with Crippen LogP contribution in [0, 0.1) is 6.92 Å². The van der Waals surface area contributed by atoms with E-state index in [2.05, 4.69) is 25.9 Å². The van der Waals surface area contributed by atoms with E-state index in [1.165, 1.54) is 0 Å². The average molecular weight is 470 g/mol. The number of carbonyl (C=O) groups excluding carboxylic acids is 1. The number of hydrogen-bond donors (Lipinski definition) is 1. The van der Waals surface area contributed by atoms with Crippen LogP contribution in [0.4, 0.5) is 5.69 Å². The van der Waals surface area contributed by atoms with Crippen molar-refractivity contribution in [3.8, 4) is 16.9 Å². The highest BCUT2D eigenvalue weighted by Crippen LogP contribution is 2.22. The predicted octanol–water partition coefficient (Wildman–Crippen LogP) is 4.79. The first-order valence-corrected chi connectivity index (χ1v) is 11.0. The summed E-state index contributed by atoms with van der Waals surface area (Å²) in [5.74, 6) is -0.345. The Morgan fingerprint density at radius 1 is 0.941 bits per heavy atom. The summed E-state index contributed by atoms with van der Waals surface area (Å²) in [6.45, 7) is 2.43. The highest BCUT2D eigenvalue weighted by atomic mass is 35.5. The van der Waals surface area contributed by atoms with Crippen LogP contribution in [0.25, 0.3) is 16.9 Å². The minimum atomic E-state index is -0.345. The number of nitrogens with one attached hydrogen (secondary N) is 1. The molecule has 9 heteroatoms. The van der Waals surface area contributed by atoms with Gasteiger partial charge in [0.1, 0.15) is 5.69 Å². The maximum Gasteiger partial charge on any atom is 0.278 e. The Hall–Kier alpha value is -4.30. The molecule has 0 aliphatic carbocycles. The first-order chi connectivity index (χ1) is 16.6. The molecule has 0 aliphatic rings. The van der Waals surface area contributed by atoms with Crippen molar-refractivity contribution in [1.29, 1.82) is 0 Å².